The predicted molar refractivity (Wildman–Crippen MR) is 62.5 cm³/mol. The third-order valence-electron chi connectivity index (χ3n) is 3.04. The molecule has 1 saturated heterocycles. The van der Waals surface area contributed by atoms with Gasteiger partial charge in [0.05, 0.1) is 0 Å². The fraction of sp³-hybridized carbons (Fsp3) is 0.583. The number of aromatic nitrogens is 2. The molecule has 2 heterocycles. The maximum atomic E-state index is 11.3. The number of hydrogen-bond donors (Lipinski definition) is 0. The lowest BCUT2D eigenvalue weighted by atomic mass is 10.1. The second-order valence-electron chi connectivity index (χ2n) is 4.46. The Bertz CT molecular complexity index is 396. The molecule has 16 heavy (non-hydrogen) atoms. The van der Waals surface area contributed by atoms with Crippen LogP contribution < -0.4 is 4.90 Å². The summed E-state index contributed by atoms with van der Waals surface area (Å²) in [4.78, 5) is 22.1. The van der Waals surface area contributed by atoms with Crippen LogP contribution >= 0.6 is 0 Å². The summed E-state index contributed by atoms with van der Waals surface area (Å²) in [5.74, 6) is 2.20. The first-order valence-corrected chi connectivity index (χ1v) is 5.64. The monoisotopic (exact) mass is 219 g/mol. The van der Waals surface area contributed by atoms with E-state index < -0.39 is 0 Å². The van der Waals surface area contributed by atoms with Crippen molar-refractivity contribution in [1.29, 1.82) is 0 Å². The molecule has 4 heteroatoms. The second kappa shape index (κ2) is 4.20. The summed E-state index contributed by atoms with van der Waals surface area (Å²) in [5, 5.41) is 0. The van der Waals surface area contributed by atoms with Gasteiger partial charge in [0.25, 0.3) is 0 Å². The SMILES string of the molecule is CC(=O)C1CCN(c2cc(C)nc(C)n2)C1. The van der Waals surface area contributed by atoms with E-state index >= 15 is 0 Å². The minimum atomic E-state index is 0.176. The topological polar surface area (TPSA) is 46.1 Å². The van der Waals surface area contributed by atoms with Crippen LogP contribution in [0.2, 0.25) is 0 Å². The smallest absolute Gasteiger partial charge is 0.134 e. The minimum Gasteiger partial charge on any atom is -0.356 e. The van der Waals surface area contributed by atoms with Crippen molar-refractivity contribution < 1.29 is 4.79 Å². The zero-order valence-corrected chi connectivity index (χ0v) is 10.0. The third-order valence-corrected chi connectivity index (χ3v) is 3.04. The van der Waals surface area contributed by atoms with Gasteiger partial charge in [-0.25, -0.2) is 9.97 Å². The van der Waals surface area contributed by atoms with Crippen molar-refractivity contribution in [1.82, 2.24) is 9.97 Å². The first-order chi connectivity index (χ1) is 7.56. The zero-order valence-electron chi connectivity index (χ0n) is 10.0. The summed E-state index contributed by atoms with van der Waals surface area (Å²) in [7, 11) is 0. The van der Waals surface area contributed by atoms with Gasteiger partial charge in [-0.05, 0) is 27.2 Å². The van der Waals surface area contributed by atoms with Crippen LogP contribution in [0.15, 0.2) is 6.07 Å². The lowest BCUT2D eigenvalue weighted by molar-refractivity contribution is -0.120. The summed E-state index contributed by atoms with van der Waals surface area (Å²) in [6.45, 7) is 7.25. The molecule has 0 saturated carbocycles. The van der Waals surface area contributed by atoms with Crippen LogP contribution in [0, 0.1) is 19.8 Å². The van der Waals surface area contributed by atoms with Crippen molar-refractivity contribution in [3.63, 3.8) is 0 Å². The maximum absolute atomic E-state index is 11.3. The lowest BCUT2D eigenvalue weighted by Crippen LogP contribution is -2.23. The Kier molecular flexibility index (Phi) is 2.90. The molecule has 2 rings (SSSR count). The zero-order chi connectivity index (χ0) is 11.7. The first-order valence-electron chi connectivity index (χ1n) is 5.64. The van der Waals surface area contributed by atoms with Crippen molar-refractivity contribution in [2.45, 2.75) is 27.2 Å². The van der Waals surface area contributed by atoms with Crippen LogP contribution in [0.5, 0.6) is 0 Å². The fourth-order valence-corrected chi connectivity index (χ4v) is 2.16. The number of nitrogens with zero attached hydrogens (tertiary/aromatic N) is 3. The van der Waals surface area contributed by atoms with Gasteiger partial charge in [0.15, 0.2) is 0 Å². The Morgan fingerprint density at radius 3 is 2.75 bits per heavy atom. The second-order valence-corrected chi connectivity index (χ2v) is 4.46. The summed E-state index contributed by atoms with van der Waals surface area (Å²) in [6.07, 6.45) is 0.942. The highest BCUT2D eigenvalue weighted by Gasteiger charge is 2.26. The number of Topliss-reactive ketones (excluding diaryl/α,β-unsaturated/α-hetero) is 1. The van der Waals surface area contributed by atoms with E-state index in [0.29, 0.717) is 0 Å². The Morgan fingerprint density at radius 2 is 2.19 bits per heavy atom. The van der Waals surface area contributed by atoms with Crippen LogP contribution in [0.3, 0.4) is 0 Å². The summed E-state index contributed by atoms with van der Waals surface area (Å²) >= 11 is 0. The van der Waals surface area contributed by atoms with Crippen LogP contribution in [-0.2, 0) is 4.79 Å². The first kappa shape index (κ1) is 11.0. The van der Waals surface area contributed by atoms with E-state index in [1.807, 2.05) is 19.9 Å². The van der Waals surface area contributed by atoms with E-state index in [-0.39, 0.29) is 11.7 Å². The average Bonchev–Trinajstić information content (AvgIpc) is 2.64. The molecule has 0 bridgehead atoms. The fourth-order valence-electron chi connectivity index (χ4n) is 2.16. The Labute approximate surface area is 95.7 Å². The molecule has 0 aliphatic carbocycles. The lowest BCUT2D eigenvalue weighted by Gasteiger charge is -2.17. The van der Waals surface area contributed by atoms with Gasteiger partial charge in [-0.1, -0.05) is 0 Å². The molecule has 1 atom stereocenters. The number of hydrogen-bond acceptors (Lipinski definition) is 4. The van der Waals surface area contributed by atoms with E-state index in [1.54, 1.807) is 6.92 Å². The number of carbonyl (C=O) groups excluding carboxylic acids is 1. The molecule has 1 aromatic rings. The van der Waals surface area contributed by atoms with E-state index in [4.69, 9.17) is 0 Å². The third kappa shape index (κ3) is 2.21. The van der Waals surface area contributed by atoms with E-state index in [0.717, 1.165) is 36.8 Å². The number of rotatable bonds is 2. The summed E-state index contributed by atoms with van der Waals surface area (Å²) < 4.78 is 0. The molecule has 0 N–H and O–H groups in total. The molecule has 1 aliphatic rings. The van der Waals surface area contributed by atoms with Crippen molar-refractivity contribution in [3.05, 3.63) is 17.6 Å². The van der Waals surface area contributed by atoms with Crippen molar-refractivity contribution in [2.75, 3.05) is 18.0 Å². The minimum absolute atomic E-state index is 0.176. The Hall–Kier alpha value is -1.45. The van der Waals surface area contributed by atoms with Crippen LogP contribution in [0.4, 0.5) is 5.82 Å². The number of ketones is 1. The maximum Gasteiger partial charge on any atom is 0.134 e. The largest absolute Gasteiger partial charge is 0.356 e. The number of anilines is 1. The molecule has 86 valence electrons. The van der Waals surface area contributed by atoms with E-state index in [1.165, 1.54) is 0 Å². The molecule has 0 radical (unpaired) electrons. The molecule has 0 amide bonds. The van der Waals surface area contributed by atoms with Crippen molar-refractivity contribution >= 4 is 11.6 Å². The van der Waals surface area contributed by atoms with Gasteiger partial charge in [0, 0.05) is 30.8 Å². The van der Waals surface area contributed by atoms with Gasteiger partial charge in [0.2, 0.25) is 0 Å². The van der Waals surface area contributed by atoms with Crippen LogP contribution in [0.25, 0.3) is 0 Å². The molecule has 1 fully saturated rings. The van der Waals surface area contributed by atoms with Crippen LogP contribution in [-0.4, -0.2) is 28.8 Å². The highest BCUT2D eigenvalue weighted by molar-refractivity contribution is 5.79. The van der Waals surface area contributed by atoms with Crippen molar-refractivity contribution in [3.8, 4) is 0 Å². The quantitative estimate of drug-likeness (QED) is 0.756. The highest BCUT2D eigenvalue weighted by atomic mass is 16.1. The molecule has 1 unspecified atom stereocenters. The molecule has 1 aliphatic heterocycles. The number of aryl methyl sites for hydroxylation is 2. The molecular weight excluding hydrogens is 202 g/mol. The Balaban J connectivity index is 2.17. The average molecular weight is 219 g/mol. The van der Waals surface area contributed by atoms with E-state index in [2.05, 4.69) is 14.9 Å². The summed E-state index contributed by atoms with van der Waals surface area (Å²) in [5.41, 5.74) is 0.980. The molecule has 0 aromatic carbocycles. The molecular formula is C12H17N3O. The standard InChI is InChI=1S/C12H17N3O/c1-8-6-12(14-10(3)13-8)15-5-4-11(7-15)9(2)16/h6,11H,4-5,7H2,1-3H3. The van der Waals surface area contributed by atoms with Gasteiger partial charge in [-0.3, -0.25) is 4.79 Å². The molecule has 0 spiro atoms. The normalized spacial score (nSPS) is 20.2. The van der Waals surface area contributed by atoms with Crippen LogP contribution in [0.1, 0.15) is 24.9 Å². The van der Waals surface area contributed by atoms with Gasteiger partial charge in [-0.15, -0.1) is 0 Å². The van der Waals surface area contributed by atoms with Gasteiger partial charge >= 0.3 is 0 Å². The van der Waals surface area contributed by atoms with Gasteiger partial charge < -0.3 is 4.90 Å². The summed E-state index contributed by atoms with van der Waals surface area (Å²) in [6, 6.07) is 1.98. The molecule has 1 aromatic heterocycles. The van der Waals surface area contributed by atoms with Gasteiger partial charge in [-0.2, -0.15) is 0 Å². The van der Waals surface area contributed by atoms with Crippen molar-refractivity contribution in [2.24, 2.45) is 5.92 Å². The van der Waals surface area contributed by atoms with E-state index in [9.17, 15) is 4.79 Å². The highest BCUT2D eigenvalue weighted by Crippen LogP contribution is 2.23. The molecule has 4 nitrogen and oxygen atoms in total. The predicted octanol–water partition coefficient (Wildman–Crippen LogP) is 1.51. The Morgan fingerprint density at radius 1 is 1.44 bits per heavy atom. The number of carbonyl (C=O) groups is 1. The van der Waals surface area contributed by atoms with Gasteiger partial charge in [0.1, 0.15) is 17.4 Å².